The molecule has 1 aromatic carbocycles. The van der Waals surface area contributed by atoms with Crippen LogP contribution in [0, 0.1) is 5.82 Å². The molecule has 2 unspecified atom stereocenters. The van der Waals surface area contributed by atoms with Crippen LogP contribution in [0.25, 0.3) is 0 Å². The number of benzene rings is 1. The summed E-state index contributed by atoms with van der Waals surface area (Å²) in [5.41, 5.74) is 3.68. The molecule has 0 aliphatic carbocycles. The topological polar surface area (TPSA) is 50.5 Å². The van der Waals surface area contributed by atoms with E-state index >= 15 is 0 Å². The van der Waals surface area contributed by atoms with Crippen molar-refractivity contribution in [1.82, 2.24) is 10.3 Å². The molecular formula is C15H23ClFN3O. The summed E-state index contributed by atoms with van der Waals surface area (Å²) >= 11 is 6.09. The number of nitrogens with zero attached hydrogens (tertiary/aromatic N) is 1. The van der Waals surface area contributed by atoms with E-state index in [1.807, 2.05) is 0 Å². The van der Waals surface area contributed by atoms with Crippen LogP contribution >= 0.6 is 11.6 Å². The molecule has 6 heteroatoms. The number of halogens is 2. The lowest BCUT2D eigenvalue weighted by Gasteiger charge is -2.38. The molecule has 0 spiro atoms. The first kappa shape index (κ1) is 16.6. The highest BCUT2D eigenvalue weighted by Crippen LogP contribution is 2.21. The highest BCUT2D eigenvalue weighted by molar-refractivity contribution is 6.31. The third kappa shape index (κ3) is 4.37. The van der Waals surface area contributed by atoms with Gasteiger partial charge in [0.25, 0.3) is 0 Å². The molecule has 0 radical (unpaired) electrons. The van der Waals surface area contributed by atoms with E-state index < -0.39 is 0 Å². The Bertz CT molecular complexity index is 472. The molecule has 0 bridgehead atoms. The van der Waals surface area contributed by atoms with E-state index in [4.69, 9.17) is 22.2 Å². The molecule has 0 amide bonds. The zero-order valence-electron chi connectivity index (χ0n) is 12.5. The number of nitrogens with one attached hydrogen (secondary N) is 1. The minimum atomic E-state index is -0.332. The summed E-state index contributed by atoms with van der Waals surface area (Å²) in [5, 5.41) is 0.423. The van der Waals surface area contributed by atoms with Gasteiger partial charge >= 0.3 is 0 Å². The van der Waals surface area contributed by atoms with Crippen LogP contribution in [-0.2, 0) is 11.2 Å². The predicted octanol–water partition coefficient (Wildman–Crippen LogP) is 1.96. The Balaban J connectivity index is 2.05. The molecule has 1 aliphatic rings. The van der Waals surface area contributed by atoms with Crippen LogP contribution in [0.3, 0.4) is 0 Å². The van der Waals surface area contributed by atoms with Gasteiger partial charge in [-0.15, -0.1) is 0 Å². The third-order valence-electron chi connectivity index (χ3n) is 3.97. The summed E-state index contributed by atoms with van der Waals surface area (Å²) in [6.07, 6.45) is 0.596. The Morgan fingerprint density at radius 2 is 2.29 bits per heavy atom. The van der Waals surface area contributed by atoms with Crippen molar-refractivity contribution in [3.8, 4) is 0 Å². The molecular weight excluding hydrogens is 293 g/mol. The van der Waals surface area contributed by atoms with Gasteiger partial charge in [-0.2, -0.15) is 0 Å². The minimum Gasteiger partial charge on any atom is -0.374 e. The molecule has 1 aliphatic heterocycles. The molecule has 3 N–H and O–H groups in total. The van der Waals surface area contributed by atoms with Crippen molar-refractivity contribution in [2.24, 2.45) is 5.84 Å². The molecule has 118 valence electrons. The molecule has 2 atom stereocenters. The second-order valence-corrected chi connectivity index (χ2v) is 6.12. The van der Waals surface area contributed by atoms with E-state index in [2.05, 4.69) is 24.2 Å². The quantitative estimate of drug-likeness (QED) is 0.644. The lowest BCUT2D eigenvalue weighted by atomic mass is 10.00. The molecule has 4 nitrogen and oxygen atoms in total. The lowest BCUT2D eigenvalue weighted by molar-refractivity contribution is -0.0552. The van der Waals surface area contributed by atoms with Crippen LogP contribution in [0.15, 0.2) is 18.2 Å². The predicted molar refractivity (Wildman–Crippen MR) is 82.7 cm³/mol. The van der Waals surface area contributed by atoms with Crippen molar-refractivity contribution in [3.63, 3.8) is 0 Å². The first-order chi connectivity index (χ1) is 10.0. The van der Waals surface area contributed by atoms with Crippen molar-refractivity contribution in [3.05, 3.63) is 34.6 Å². The van der Waals surface area contributed by atoms with Crippen LogP contribution in [0.4, 0.5) is 4.39 Å². The Morgan fingerprint density at radius 3 is 2.90 bits per heavy atom. The first-order valence-corrected chi connectivity index (χ1v) is 7.64. The summed E-state index contributed by atoms with van der Waals surface area (Å²) in [5.74, 6) is 5.35. The molecule has 1 aromatic rings. The Labute approximate surface area is 130 Å². The molecule has 0 saturated carbocycles. The molecule has 1 heterocycles. The molecule has 1 saturated heterocycles. The van der Waals surface area contributed by atoms with Gasteiger partial charge in [0.1, 0.15) is 5.82 Å². The van der Waals surface area contributed by atoms with Gasteiger partial charge in [0, 0.05) is 24.2 Å². The molecule has 2 rings (SSSR count). The maximum atomic E-state index is 13.1. The van der Waals surface area contributed by atoms with Crippen molar-refractivity contribution < 1.29 is 9.13 Å². The van der Waals surface area contributed by atoms with Crippen LogP contribution in [0.1, 0.15) is 19.4 Å². The van der Waals surface area contributed by atoms with Gasteiger partial charge in [-0.05, 0) is 38.0 Å². The fraction of sp³-hybridized carbons (Fsp3) is 0.600. The second-order valence-electron chi connectivity index (χ2n) is 5.71. The zero-order chi connectivity index (χ0) is 15.4. The van der Waals surface area contributed by atoms with E-state index in [0.717, 1.165) is 18.7 Å². The van der Waals surface area contributed by atoms with Gasteiger partial charge in [-0.3, -0.25) is 16.2 Å². The Morgan fingerprint density at radius 1 is 1.52 bits per heavy atom. The van der Waals surface area contributed by atoms with E-state index in [1.54, 1.807) is 6.07 Å². The van der Waals surface area contributed by atoms with Gasteiger partial charge in [-0.25, -0.2) is 4.39 Å². The van der Waals surface area contributed by atoms with E-state index in [0.29, 0.717) is 24.1 Å². The average molecular weight is 316 g/mol. The van der Waals surface area contributed by atoms with Gasteiger partial charge in [-0.1, -0.05) is 17.7 Å². The Hall–Kier alpha value is -0.720. The largest absolute Gasteiger partial charge is 0.374 e. The summed E-state index contributed by atoms with van der Waals surface area (Å²) in [6.45, 7) is 6.79. The van der Waals surface area contributed by atoms with Gasteiger partial charge in [0.2, 0.25) is 0 Å². The summed E-state index contributed by atoms with van der Waals surface area (Å²) < 4.78 is 19.0. The number of rotatable bonds is 5. The fourth-order valence-corrected chi connectivity index (χ4v) is 2.88. The standard InChI is InChI=1S/C15H23ClFN3O/c1-10(2)20-5-6-21-15(9-20)14(19-18)7-11-3-4-12(17)8-13(11)16/h3-4,8,10,14-15,19H,5-7,9,18H2,1-2H3. The summed E-state index contributed by atoms with van der Waals surface area (Å²) in [4.78, 5) is 2.37. The molecule has 21 heavy (non-hydrogen) atoms. The van der Waals surface area contributed by atoms with Crippen molar-refractivity contribution in [2.45, 2.75) is 38.5 Å². The van der Waals surface area contributed by atoms with E-state index in [-0.39, 0.29) is 18.0 Å². The van der Waals surface area contributed by atoms with Crippen LogP contribution in [0.5, 0.6) is 0 Å². The van der Waals surface area contributed by atoms with E-state index in [1.165, 1.54) is 12.1 Å². The van der Waals surface area contributed by atoms with Gasteiger partial charge in [0.05, 0.1) is 18.8 Å². The zero-order valence-corrected chi connectivity index (χ0v) is 13.2. The van der Waals surface area contributed by atoms with Gasteiger partial charge < -0.3 is 4.74 Å². The SMILES string of the molecule is CC(C)N1CCOC(C(Cc2ccc(F)cc2Cl)NN)C1. The number of hydrazine groups is 1. The smallest absolute Gasteiger partial charge is 0.124 e. The van der Waals surface area contributed by atoms with Crippen LogP contribution in [-0.4, -0.2) is 42.8 Å². The molecule has 0 aromatic heterocycles. The molecule has 1 fully saturated rings. The highest BCUT2D eigenvalue weighted by Gasteiger charge is 2.29. The number of hydrogen-bond acceptors (Lipinski definition) is 4. The normalized spacial score (nSPS) is 21.7. The van der Waals surface area contributed by atoms with Gasteiger partial charge in [0.15, 0.2) is 0 Å². The number of ether oxygens (including phenoxy) is 1. The van der Waals surface area contributed by atoms with Crippen molar-refractivity contribution >= 4 is 11.6 Å². The monoisotopic (exact) mass is 315 g/mol. The second kappa shape index (κ2) is 7.51. The van der Waals surface area contributed by atoms with Crippen LogP contribution < -0.4 is 11.3 Å². The van der Waals surface area contributed by atoms with Crippen molar-refractivity contribution in [1.29, 1.82) is 0 Å². The fourth-order valence-electron chi connectivity index (χ4n) is 2.63. The number of nitrogens with two attached hydrogens (primary N) is 1. The van der Waals surface area contributed by atoms with E-state index in [9.17, 15) is 4.39 Å². The average Bonchev–Trinajstić information content (AvgIpc) is 2.46. The Kier molecular flexibility index (Phi) is 5.96. The highest BCUT2D eigenvalue weighted by atomic mass is 35.5. The minimum absolute atomic E-state index is 0.00716. The van der Waals surface area contributed by atoms with Crippen molar-refractivity contribution in [2.75, 3.05) is 19.7 Å². The summed E-state index contributed by atoms with van der Waals surface area (Å²) in [6, 6.07) is 4.85. The maximum absolute atomic E-state index is 13.1. The maximum Gasteiger partial charge on any atom is 0.124 e. The third-order valence-corrected chi connectivity index (χ3v) is 4.32. The first-order valence-electron chi connectivity index (χ1n) is 7.27. The lowest BCUT2D eigenvalue weighted by Crippen LogP contribution is -2.56. The number of morpholine rings is 1. The van der Waals surface area contributed by atoms with Crippen LogP contribution in [0.2, 0.25) is 5.02 Å². The number of hydrogen-bond donors (Lipinski definition) is 2. The summed E-state index contributed by atoms with van der Waals surface area (Å²) in [7, 11) is 0.